The predicted octanol–water partition coefficient (Wildman–Crippen LogP) is 0.841. The lowest BCUT2D eigenvalue weighted by molar-refractivity contribution is 0.0852. The molecule has 0 radical (unpaired) electrons. The van der Waals surface area contributed by atoms with E-state index in [1.54, 1.807) is 21.5 Å². The van der Waals surface area contributed by atoms with Gasteiger partial charge in [0.05, 0.1) is 18.1 Å². The Kier molecular flexibility index (Phi) is 3.19. The number of aryl methyl sites for hydroxylation is 1. The summed E-state index contributed by atoms with van der Waals surface area (Å²) in [5.74, 6) is 1.01. The van der Waals surface area contributed by atoms with Crippen LogP contribution >= 0.6 is 0 Å². The van der Waals surface area contributed by atoms with Crippen molar-refractivity contribution in [1.82, 2.24) is 29.7 Å². The Morgan fingerprint density at radius 2 is 2.17 bits per heavy atom. The van der Waals surface area contributed by atoms with Crippen LogP contribution in [0.15, 0.2) is 24.7 Å². The molecule has 1 saturated carbocycles. The third kappa shape index (κ3) is 2.50. The van der Waals surface area contributed by atoms with E-state index in [4.69, 9.17) is 10.5 Å². The van der Waals surface area contributed by atoms with E-state index in [9.17, 15) is 0 Å². The number of nitrogens with two attached hydrogens (primary N) is 1. The highest BCUT2D eigenvalue weighted by atomic mass is 16.5. The second-order valence-electron chi connectivity index (χ2n) is 5.93. The number of ether oxygens (including phenoxy) is 1. The van der Waals surface area contributed by atoms with E-state index in [1.807, 2.05) is 26.5 Å². The van der Waals surface area contributed by atoms with Crippen LogP contribution < -0.4 is 15.8 Å². The molecule has 0 aliphatic heterocycles. The molecule has 1 fully saturated rings. The van der Waals surface area contributed by atoms with E-state index in [2.05, 4.69) is 20.5 Å². The van der Waals surface area contributed by atoms with Crippen molar-refractivity contribution < 1.29 is 4.74 Å². The van der Waals surface area contributed by atoms with Crippen LogP contribution in [0.3, 0.4) is 0 Å². The van der Waals surface area contributed by atoms with Crippen LogP contribution in [0.25, 0.3) is 16.8 Å². The van der Waals surface area contributed by atoms with E-state index >= 15 is 0 Å². The Labute approximate surface area is 133 Å². The van der Waals surface area contributed by atoms with E-state index in [-0.39, 0.29) is 6.10 Å². The zero-order chi connectivity index (χ0) is 16.0. The Hall–Kier alpha value is -2.61. The first-order valence-electron chi connectivity index (χ1n) is 7.61. The number of rotatable bonds is 4. The maximum Gasteiger partial charge on any atom is 0.241 e. The quantitative estimate of drug-likeness (QED) is 0.741. The van der Waals surface area contributed by atoms with Crippen LogP contribution in [0.5, 0.6) is 5.88 Å². The van der Waals surface area contributed by atoms with Gasteiger partial charge in [0.1, 0.15) is 17.4 Å². The minimum Gasteiger partial charge on any atom is -0.473 e. The lowest BCUT2D eigenvalue weighted by Crippen LogP contribution is -2.45. The molecule has 120 valence electrons. The summed E-state index contributed by atoms with van der Waals surface area (Å²) >= 11 is 0. The van der Waals surface area contributed by atoms with Gasteiger partial charge in [0, 0.05) is 30.9 Å². The minimum absolute atomic E-state index is 0.170. The molecule has 0 saturated heterocycles. The van der Waals surface area contributed by atoms with Crippen molar-refractivity contribution in [2.24, 2.45) is 7.05 Å². The maximum atomic E-state index is 6.08. The molecule has 0 spiro atoms. The summed E-state index contributed by atoms with van der Waals surface area (Å²) in [6.45, 7) is 0. The van der Waals surface area contributed by atoms with Gasteiger partial charge in [0.2, 0.25) is 5.88 Å². The second-order valence-corrected chi connectivity index (χ2v) is 5.93. The van der Waals surface area contributed by atoms with E-state index < -0.39 is 0 Å². The van der Waals surface area contributed by atoms with Gasteiger partial charge in [0.25, 0.3) is 0 Å². The summed E-state index contributed by atoms with van der Waals surface area (Å²) in [5.41, 5.74) is 8.28. The van der Waals surface area contributed by atoms with E-state index in [0.29, 0.717) is 17.7 Å². The Bertz CT molecular complexity index is 847. The molecule has 0 atom stereocenters. The zero-order valence-corrected chi connectivity index (χ0v) is 13.1. The highest BCUT2D eigenvalue weighted by molar-refractivity contribution is 5.66. The normalized spacial score (nSPS) is 20.6. The SMILES string of the molecule is CNC1CC(Oc2nc(-c3cnn(C)c3)cn3nc(N)cc23)C1. The van der Waals surface area contributed by atoms with Crippen LogP contribution in [0.1, 0.15) is 12.8 Å². The van der Waals surface area contributed by atoms with Gasteiger partial charge in [-0.1, -0.05) is 0 Å². The standard InChI is InChI=1S/C15H19N7O/c1-17-10-3-11(4-10)23-15-13-5-14(16)20-22(13)8-12(19-15)9-6-18-21(2)7-9/h5-8,10-11,17H,3-4H2,1-2H3,(H2,16,20). The van der Waals surface area contributed by atoms with Crippen LogP contribution in [0.2, 0.25) is 0 Å². The van der Waals surface area contributed by atoms with E-state index in [0.717, 1.165) is 29.6 Å². The van der Waals surface area contributed by atoms with Crippen LogP contribution in [-0.4, -0.2) is 43.6 Å². The van der Waals surface area contributed by atoms with Crippen molar-refractivity contribution in [2.45, 2.75) is 25.0 Å². The summed E-state index contributed by atoms with van der Waals surface area (Å²) < 4.78 is 9.54. The lowest BCUT2D eigenvalue weighted by atomic mass is 9.89. The average molecular weight is 313 g/mol. The van der Waals surface area contributed by atoms with Crippen LogP contribution in [0, 0.1) is 0 Å². The smallest absolute Gasteiger partial charge is 0.241 e. The molecule has 0 aromatic carbocycles. The molecule has 0 bridgehead atoms. The molecular weight excluding hydrogens is 294 g/mol. The molecule has 3 N–H and O–H groups in total. The fraction of sp³-hybridized carbons (Fsp3) is 0.400. The summed E-state index contributed by atoms with van der Waals surface area (Å²) in [7, 11) is 3.84. The molecule has 3 heterocycles. The average Bonchev–Trinajstić information content (AvgIpc) is 3.06. The maximum absolute atomic E-state index is 6.08. The first-order valence-corrected chi connectivity index (χ1v) is 7.61. The highest BCUT2D eigenvalue weighted by Crippen LogP contribution is 2.30. The van der Waals surface area contributed by atoms with Crippen molar-refractivity contribution in [3.05, 3.63) is 24.7 Å². The molecule has 1 aliphatic rings. The number of anilines is 1. The number of nitrogens with one attached hydrogen (secondary N) is 1. The monoisotopic (exact) mass is 313 g/mol. The van der Waals surface area contributed by atoms with Crippen LogP contribution in [-0.2, 0) is 7.05 Å². The van der Waals surface area contributed by atoms with E-state index in [1.165, 1.54) is 0 Å². The molecule has 0 amide bonds. The fourth-order valence-corrected chi connectivity index (χ4v) is 2.82. The molecule has 8 nitrogen and oxygen atoms in total. The van der Waals surface area contributed by atoms with Gasteiger partial charge in [-0.25, -0.2) is 9.50 Å². The zero-order valence-electron chi connectivity index (χ0n) is 13.1. The van der Waals surface area contributed by atoms with Crippen molar-refractivity contribution in [1.29, 1.82) is 0 Å². The first-order chi connectivity index (χ1) is 11.1. The summed E-state index contributed by atoms with van der Waals surface area (Å²) in [5, 5.41) is 11.7. The van der Waals surface area contributed by atoms with Gasteiger partial charge in [0.15, 0.2) is 0 Å². The largest absolute Gasteiger partial charge is 0.473 e. The third-order valence-corrected chi connectivity index (χ3v) is 4.22. The van der Waals surface area contributed by atoms with Crippen LogP contribution in [0.4, 0.5) is 5.82 Å². The Balaban J connectivity index is 1.72. The topological polar surface area (TPSA) is 95.3 Å². The summed E-state index contributed by atoms with van der Waals surface area (Å²) in [6, 6.07) is 2.30. The van der Waals surface area contributed by atoms with Crippen molar-refractivity contribution in [2.75, 3.05) is 12.8 Å². The number of nitrogens with zero attached hydrogens (tertiary/aromatic N) is 5. The van der Waals surface area contributed by atoms with Gasteiger partial charge in [-0.2, -0.15) is 10.2 Å². The number of fused-ring (bicyclic) bond motifs is 1. The molecule has 3 aromatic heterocycles. The van der Waals surface area contributed by atoms with Gasteiger partial charge < -0.3 is 15.8 Å². The van der Waals surface area contributed by atoms with Crippen molar-refractivity contribution in [3.63, 3.8) is 0 Å². The molecule has 0 unspecified atom stereocenters. The molecule has 23 heavy (non-hydrogen) atoms. The van der Waals surface area contributed by atoms with Gasteiger partial charge in [-0.15, -0.1) is 0 Å². The summed E-state index contributed by atoms with van der Waals surface area (Å²) in [6.07, 6.45) is 7.64. The molecular formula is C15H19N7O. The van der Waals surface area contributed by atoms with Crippen molar-refractivity contribution in [3.8, 4) is 17.1 Å². The van der Waals surface area contributed by atoms with Gasteiger partial charge in [-0.05, 0) is 19.9 Å². The molecule has 8 heteroatoms. The summed E-state index contributed by atoms with van der Waals surface area (Å²) in [4.78, 5) is 4.66. The second kappa shape index (κ2) is 5.24. The van der Waals surface area contributed by atoms with Gasteiger partial charge >= 0.3 is 0 Å². The molecule has 4 rings (SSSR count). The highest BCUT2D eigenvalue weighted by Gasteiger charge is 2.30. The first kappa shape index (κ1) is 14.0. The predicted molar refractivity (Wildman–Crippen MR) is 86.1 cm³/mol. The number of aromatic nitrogens is 5. The number of hydrogen-bond donors (Lipinski definition) is 2. The van der Waals surface area contributed by atoms with Gasteiger partial charge in [-0.3, -0.25) is 4.68 Å². The molecule has 3 aromatic rings. The lowest BCUT2D eigenvalue weighted by Gasteiger charge is -2.34. The number of hydrogen-bond acceptors (Lipinski definition) is 6. The Morgan fingerprint density at radius 1 is 1.35 bits per heavy atom. The third-order valence-electron chi connectivity index (χ3n) is 4.22. The fourth-order valence-electron chi connectivity index (χ4n) is 2.82. The minimum atomic E-state index is 0.170. The molecule has 1 aliphatic carbocycles. The number of nitrogen functional groups attached to an aromatic ring is 1. The van der Waals surface area contributed by atoms with Crippen molar-refractivity contribution >= 4 is 11.3 Å². The Morgan fingerprint density at radius 3 is 2.87 bits per heavy atom.